The molecule has 0 aliphatic carbocycles. The monoisotopic (exact) mass is 963 g/mol. The predicted octanol–water partition coefficient (Wildman–Crippen LogP) is -0.315. The van der Waals surface area contributed by atoms with Crippen LogP contribution in [0.15, 0.2) is 12.7 Å². The summed E-state index contributed by atoms with van der Waals surface area (Å²) in [6, 6.07) is -0.0328. The van der Waals surface area contributed by atoms with E-state index in [1.807, 2.05) is 6.92 Å². The Hall–Kier alpha value is -3.17. The van der Waals surface area contributed by atoms with Gasteiger partial charge in [0, 0.05) is 43.1 Å². The third kappa shape index (κ3) is 15.5. The third-order valence-corrected chi connectivity index (χ3v) is 13.5. The van der Waals surface area contributed by atoms with Gasteiger partial charge in [-0.15, -0.1) is 0 Å². The fourth-order valence-corrected chi connectivity index (χ4v) is 9.69. The number of nitrogens with zero attached hydrogens (tertiary/aromatic N) is 4. The lowest BCUT2D eigenvalue weighted by Gasteiger charge is -2.30. The molecule has 31 heteroatoms. The fraction of sp³-hybridized carbons (Fsp3) is 0.710. The average molecular weight is 964 g/mol. The minimum Gasteiger partial charge on any atom is -0.386 e. The molecule has 4 rings (SSSR count). The highest BCUT2D eigenvalue weighted by molar-refractivity contribution is 8.13. The van der Waals surface area contributed by atoms with Gasteiger partial charge in [-0.1, -0.05) is 38.5 Å². The van der Waals surface area contributed by atoms with E-state index in [0.29, 0.717) is 18.6 Å². The zero-order valence-corrected chi connectivity index (χ0v) is 37.2. The van der Waals surface area contributed by atoms with Crippen LogP contribution in [0.3, 0.4) is 0 Å². The molecule has 350 valence electrons. The molecule has 9 atom stereocenters. The first-order valence-electron chi connectivity index (χ1n) is 19.0. The van der Waals surface area contributed by atoms with E-state index in [1.54, 1.807) is 0 Å². The number of fused-ring (bicyclic) bond motifs is 1. The van der Waals surface area contributed by atoms with Crippen molar-refractivity contribution in [1.82, 2.24) is 40.8 Å². The predicted molar refractivity (Wildman–Crippen MR) is 215 cm³/mol. The Labute approximate surface area is 358 Å². The van der Waals surface area contributed by atoms with Crippen LogP contribution in [-0.2, 0) is 50.7 Å². The van der Waals surface area contributed by atoms with E-state index >= 15 is 0 Å². The van der Waals surface area contributed by atoms with Crippen LogP contribution in [0.2, 0.25) is 0 Å². The van der Waals surface area contributed by atoms with Crippen LogP contribution in [0.4, 0.5) is 10.6 Å². The molecule has 62 heavy (non-hydrogen) atoms. The van der Waals surface area contributed by atoms with Crippen LogP contribution in [0.1, 0.15) is 65.5 Å². The molecule has 2 fully saturated rings. The van der Waals surface area contributed by atoms with Gasteiger partial charge in [-0.3, -0.25) is 32.5 Å². The molecule has 9 unspecified atom stereocenters. The summed E-state index contributed by atoms with van der Waals surface area (Å²) in [7, 11) is -16.4. The number of carbonyl (C=O) groups is 4. The maximum atomic E-state index is 12.7. The van der Waals surface area contributed by atoms with Crippen molar-refractivity contribution in [3.63, 3.8) is 0 Å². The quantitative estimate of drug-likeness (QED) is 0.0449. The molecule has 0 spiro atoms. The van der Waals surface area contributed by atoms with Gasteiger partial charge in [0.25, 0.3) is 0 Å². The summed E-state index contributed by atoms with van der Waals surface area (Å²) in [5.74, 6) is -1.14. The molecule has 0 aromatic carbocycles. The van der Waals surface area contributed by atoms with Crippen molar-refractivity contribution in [3.8, 4) is 0 Å². The number of nitrogens with two attached hydrogens (primary N) is 1. The Balaban J connectivity index is 1.14. The van der Waals surface area contributed by atoms with Crippen LogP contribution in [0.5, 0.6) is 0 Å². The zero-order chi connectivity index (χ0) is 46.0. The molecular weight excluding hydrogens is 911 g/mol. The van der Waals surface area contributed by atoms with Crippen molar-refractivity contribution in [1.29, 1.82) is 0 Å². The van der Waals surface area contributed by atoms with Crippen LogP contribution < -0.4 is 27.0 Å². The number of aromatic nitrogens is 4. The van der Waals surface area contributed by atoms with Crippen LogP contribution in [0, 0.1) is 5.41 Å². The van der Waals surface area contributed by atoms with E-state index in [9.17, 15) is 62.7 Å². The van der Waals surface area contributed by atoms with Crippen LogP contribution >= 0.6 is 35.2 Å². The van der Waals surface area contributed by atoms with Gasteiger partial charge < -0.3 is 61.5 Å². The molecule has 2 saturated heterocycles. The number of carbonyl (C=O) groups excluding carboxylic acids is 4. The van der Waals surface area contributed by atoms with E-state index in [1.165, 1.54) is 13.8 Å². The lowest BCUT2D eigenvalue weighted by molar-refractivity contribution is -0.137. The summed E-state index contributed by atoms with van der Waals surface area (Å²) in [5, 5.41) is 32.1. The topological polar surface area (TPSA) is 405 Å². The number of aliphatic hydroxyl groups excluding tert-OH is 2. The lowest BCUT2D eigenvalue weighted by Crippen LogP contribution is -2.46. The smallest absolute Gasteiger partial charge is 0.386 e. The first-order valence-corrected chi connectivity index (χ1v) is 24.5. The first-order chi connectivity index (χ1) is 28.9. The second kappa shape index (κ2) is 22.1. The molecular formula is C31H52N9O18P3S. The largest absolute Gasteiger partial charge is 0.481 e. The van der Waals surface area contributed by atoms with E-state index < -0.39 is 84.6 Å². The second-order valence-corrected chi connectivity index (χ2v) is 20.3. The van der Waals surface area contributed by atoms with Gasteiger partial charge in [0.15, 0.2) is 22.8 Å². The molecule has 0 saturated carbocycles. The van der Waals surface area contributed by atoms with Gasteiger partial charge in [0.05, 0.1) is 25.6 Å². The number of thioether (sulfide) groups is 1. The molecule has 2 aromatic heterocycles. The number of urea groups is 1. The number of ether oxygens (including phenoxy) is 1. The normalized spacial score (nSPS) is 24.2. The third-order valence-electron chi connectivity index (χ3n) is 9.44. The Morgan fingerprint density at radius 3 is 2.40 bits per heavy atom. The average Bonchev–Trinajstić information content (AvgIpc) is 3.84. The Morgan fingerprint density at radius 2 is 1.73 bits per heavy atom. The molecule has 12 N–H and O–H groups in total. The molecule has 4 heterocycles. The number of phosphoric acid groups is 3. The van der Waals surface area contributed by atoms with Crippen molar-refractivity contribution >= 4 is 75.2 Å². The number of nitrogen functional groups attached to an aromatic ring is 1. The Morgan fingerprint density at radius 1 is 1.02 bits per heavy atom. The van der Waals surface area contributed by atoms with Gasteiger partial charge >= 0.3 is 29.5 Å². The number of nitrogens with one attached hydrogen (secondary N) is 4. The maximum absolute atomic E-state index is 12.7. The lowest BCUT2D eigenvalue weighted by atomic mass is 9.87. The van der Waals surface area contributed by atoms with Crippen molar-refractivity contribution in [2.24, 2.45) is 5.41 Å². The van der Waals surface area contributed by atoms with Crippen molar-refractivity contribution < 1.29 is 85.3 Å². The number of phosphoric ester groups is 3. The molecule has 2 aliphatic heterocycles. The molecule has 2 aromatic rings. The number of imidazole rings is 1. The fourth-order valence-electron chi connectivity index (χ4n) is 6.14. The van der Waals surface area contributed by atoms with E-state index in [-0.39, 0.29) is 59.7 Å². The number of rotatable bonds is 25. The minimum absolute atomic E-state index is 0.0135. The summed E-state index contributed by atoms with van der Waals surface area (Å²) < 4.78 is 62.2. The van der Waals surface area contributed by atoms with Gasteiger partial charge in [-0.25, -0.2) is 33.4 Å². The molecule has 0 bridgehead atoms. The first kappa shape index (κ1) is 51.5. The number of hydrogen-bond acceptors (Lipinski definition) is 19. The summed E-state index contributed by atoms with van der Waals surface area (Å²) in [6.45, 7) is 2.38. The van der Waals surface area contributed by atoms with Gasteiger partial charge in [0.1, 0.15) is 36.3 Å². The molecule has 4 amide bonds. The zero-order valence-electron chi connectivity index (χ0n) is 33.7. The summed E-state index contributed by atoms with van der Waals surface area (Å²) in [4.78, 5) is 99.4. The Kier molecular flexibility index (Phi) is 18.4. The molecule has 0 radical (unpaired) electrons. The number of unbranched alkanes of at least 4 members (excludes halogenated alkanes) is 2. The number of aliphatic hydroxyl groups is 2. The van der Waals surface area contributed by atoms with E-state index in [4.69, 9.17) is 19.5 Å². The number of amides is 4. The molecule has 27 nitrogen and oxygen atoms in total. The van der Waals surface area contributed by atoms with Crippen LogP contribution in [0.25, 0.3) is 11.2 Å². The standard InChI is InChI=1S/C31H52N9O18P3S/c1-17-18(39-30(46)38-17)7-5-4-6-8-21(42)62-12-11-33-20(41)9-10-34-28(45)25(44)31(2,3)14-55-61(52,53)58-60(50,51)54-13-19-24(57-59(47,48)49)23(43)29(56-19)40-16-37-22-26(32)35-15-36-27(22)40/h15-19,23-25,29,43-44H,4-14H2,1-3H3,(H,33,41)(H,34,45)(H,50,51)(H,52,53)(H2,32,35,36)(H2,38,39,46)(H2,47,48,49). The second-order valence-electron chi connectivity index (χ2n) is 14.9. The minimum atomic E-state index is -5.58. The van der Waals surface area contributed by atoms with E-state index in [2.05, 4.69) is 45.1 Å². The number of anilines is 1. The highest BCUT2D eigenvalue weighted by Gasteiger charge is 2.50. The summed E-state index contributed by atoms with van der Waals surface area (Å²) in [6.07, 6.45) is -3.35. The van der Waals surface area contributed by atoms with E-state index in [0.717, 1.165) is 48.2 Å². The SMILES string of the molecule is CC1NC(=O)NC1CCCCCC(=O)SCCNC(=O)CCNC(=O)C(O)C(C)(C)COP(=O)(O)OP(=O)(O)OCC1OC(n2cnc3c(N)ncnc32)C(O)C1OP(=O)(O)O. The van der Waals surface area contributed by atoms with Gasteiger partial charge in [-0.2, -0.15) is 4.31 Å². The molecule has 2 aliphatic rings. The Bertz CT molecular complexity index is 2040. The summed E-state index contributed by atoms with van der Waals surface area (Å²) in [5.41, 5.74) is 4.25. The van der Waals surface area contributed by atoms with Crippen molar-refractivity contribution in [3.05, 3.63) is 12.7 Å². The van der Waals surface area contributed by atoms with Crippen molar-refractivity contribution in [2.45, 2.75) is 102 Å². The van der Waals surface area contributed by atoms with Crippen molar-refractivity contribution in [2.75, 3.05) is 37.8 Å². The van der Waals surface area contributed by atoms with Gasteiger partial charge in [0.2, 0.25) is 11.8 Å². The summed E-state index contributed by atoms with van der Waals surface area (Å²) >= 11 is 1.09. The highest BCUT2D eigenvalue weighted by atomic mass is 32.2. The maximum Gasteiger partial charge on any atom is 0.481 e. The highest BCUT2D eigenvalue weighted by Crippen LogP contribution is 2.61. The van der Waals surface area contributed by atoms with Gasteiger partial charge in [-0.05, 0) is 19.8 Å². The van der Waals surface area contributed by atoms with Crippen LogP contribution in [-0.4, -0.2) is 141 Å². The number of hydrogen-bond donors (Lipinski definition) is 11.